The third kappa shape index (κ3) is 5.67. The molecule has 1 heterocycles. The molecule has 0 unspecified atom stereocenters. The first-order valence-electron chi connectivity index (χ1n) is 10.4. The number of nitrogens with one attached hydrogen (secondary N) is 1. The molecule has 7 nitrogen and oxygen atoms in total. The summed E-state index contributed by atoms with van der Waals surface area (Å²) in [6, 6.07) is 27.6. The molecule has 8 heteroatoms. The van der Waals surface area contributed by atoms with E-state index in [2.05, 4.69) is 20.7 Å². The molecule has 0 saturated carbocycles. The average molecular weight is 457 g/mol. The number of benzene rings is 3. The molecule has 166 valence electrons. The second-order valence-corrected chi connectivity index (χ2v) is 8.35. The Kier molecular flexibility index (Phi) is 7.16. The predicted octanol–water partition coefficient (Wildman–Crippen LogP) is 4.24. The maximum absolute atomic E-state index is 12.4. The minimum atomic E-state index is -0.218. The SMILES string of the molecule is CN(C)c1ccc(/C=N\NC(=O)CSc2nnc(-c3ccccc3)n2-c2ccccc2)cc1. The van der Waals surface area contributed by atoms with Gasteiger partial charge in [0.15, 0.2) is 11.0 Å². The molecule has 0 radical (unpaired) electrons. The summed E-state index contributed by atoms with van der Waals surface area (Å²) in [5, 5.41) is 13.4. The van der Waals surface area contributed by atoms with E-state index in [0.29, 0.717) is 5.16 Å². The quantitative estimate of drug-likeness (QED) is 0.244. The van der Waals surface area contributed by atoms with E-state index in [1.54, 1.807) is 6.21 Å². The number of nitrogens with zero attached hydrogens (tertiary/aromatic N) is 5. The molecule has 0 saturated heterocycles. The highest BCUT2D eigenvalue weighted by molar-refractivity contribution is 7.99. The van der Waals surface area contributed by atoms with Gasteiger partial charge < -0.3 is 4.90 Å². The van der Waals surface area contributed by atoms with Crippen molar-refractivity contribution in [2.75, 3.05) is 24.7 Å². The van der Waals surface area contributed by atoms with E-state index in [1.165, 1.54) is 11.8 Å². The first-order chi connectivity index (χ1) is 16.1. The standard InChI is InChI=1S/C25H24N6OS/c1-30(2)21-15-13-19(14-16-21)17-26-27-23(32)18-33-25-29-28-24(20-9-5-3-6-10-20)31(25)22-11-7-4-8-12-22/h3-17H,18H2,1-2H3,(H,27,32)/b26-17-. The van der Waals surface area contributed by atoms with Crippen molar-refractivity contribution < 1.29 is 4.79 Å². The van der Waals surface area contributed by atoms with Gasteiger partial charge in [0.25, 0.3) is 5.91 Å². The Morgan fingerprint density at radius 3 is 2.30 bits per heavy atom. The van der Waals surface area contributed by atoms with Crippen LogP contribution in [0.2, 0.25) is 0 Å². The van der Waals surface area contributed by atoms with Crippen LogP contribution in [0.4, 0.5) is 5.69 Å². The maximum atomic E-state index is 12.4. The summed E-state index contributed by atoms with van der Waals surface area (Å²) < 4.78 is 1.96. The van der Waals surface area contributed by atoms with Crippen LogP contribution in [0.3, 0.4) is 0 Å². The van der Waals surface area contributed by atoms with Gasteiger partial charge in [-0.2, -0.15) is 5.10 Å². The molecule has 0 bridgehead atoms. The van der Waals surface area contributed by atoms with Crippen molar-refractivity contribution in [3.8, 4) is 17.1 Å². The second kappa shape index (κ2) is 10.6. The lowest BCUT2D eigenvalue weighted by atomic mass is 10.2. The number of amides is 1. The zero-order chi connectivity index (χ0) is 23.0. The summed E-state index contributed by atoms with van der Waals surface area (Å²) in [4.78, 5) is 14.4. The van der Waals surface area contributed by atoms with Gasteiger partial charge in [0.1, 0.15) is 0 Å². The highest BCUT2D eigenvalue weighted by atomic mass is 32.2. The Morgan fingerprint density at radius 2 is 1.64 bits per heavy atom. The second-order valence-electron chi connectivity index (χ2n) is 7.41. The van der Waals surface area contributed by atoms with Crippen molar-refractivity contribution in [3.63, 3.8) is 0 Å². The number of rotatable bonds is 8. The number of thioether (sulfide) groups is 1. The molecule has 1 amide bonds. The van der Waals surface area contributed by atoms with Crippen LogP contribution in [0, 0.1) is 0 Å². The monoisotopic (exact) mass is 456 g/mol. The van der Waals surface area contributed by atoms with E-state index in [1.807, 2.05) is 108 Å². The number of carbonyl (C=O) groups is 1. The van der Waals surface area contributed by atoms with Crippen molar-refractivity contribution >= 4 is 29.6 Å². The molecular weight excluding hydrogens is 432 g/mol. The van der Waals surface area contributed by atoms with Crippen LogP contribution < -0.4 is 10.3 Å². The first-order valence-corrected chi connectivity index (χ1v) is 11.4. The van der Waals surface area contributed by atoms with E-state index >= 15 is 0 Å². The fourth-order valence-electron chi connectivity index (χ4n) is 3.15. The molecule has 0 atom stereocenters. The topological polar surface area (TPSA) is 75.4 Å². The fourth-order valence-corrected chi connectivity index (χ4v) is 3.89. The van der Waals surface area contributed by atoms with Gasteiger partial charge in [-0.05, 0) is 29.8 Å². The number of para-hydroxylation sites is 1. The Hall–Kier alpha value is -3.91. The Morgan fingerprint density at radius 1 is 0.970 bits per heavy atom. The Labute approximate surface area is 197 Å². The number of hydrogen-bond acceptors (Lipinski definition) is 6. The Bertz CT molecular complexity index is 1220. The zero-order valence-corrected chi connectivity index (χ0v) is 19.2. The molecule has 0 spiro atoms. The molecule has 0 fully saturated rings. The molecule has 0 aliphatic rings. The molecule has 33 heavy (non-hydrogen) atoms. The molecule has 0 aliphatic carbocycles. The van der Waals surface area contributed by atoms with Gasteiger partial charge in [0.2, 0.25) is 0 Å². The van der Waals surface area contributed by atoms with Crippen LogP contribution in [0.25, 0.3) is 17.1 Å². The molecule has 0 aliphatic heterocycles. The zero-order valence-electron chi connectivity index (χ0n) is 18.4. The molecule has 3 aromatic carbocycles. The number of aromatic nitrogens is 3. The van der Waals surface area contributed by atoms with Crippen LogP contribution in [0.5, 0.6) is 0 Å². The van der Waals surface area contributed by atoms with Gasteiger partial charge in [0, 0.05) is 31.0 Å². The normalized spacial score (nSPS) is 11.0. The van der Waals surface area contributed by atoms with E-state index in [4.69, 9.17) is 0 Å². The minimum absolute atomic E-state index is 0.163. The van der Waals surface area contributed by atoms with E-state index in [-0.39, 0.29) is 11.7 Å². The molecule has 1 aromatic heterocycles. The van der Waals surface area contributed by atoms with E-state index in [9.17, 15) is 4.79 Å². The lowest BCUT2D eigenvalue weighted by Crippen LogP contribution is -2.20. The van der Waals surface area contributed by atoms with E-state index in [0.717, 1.165) is 28.3 Å². The fraction of sp³-hybridized carbons (Fsp3) is 0.120. The largest absolute Gasteiger partial charge is 0.378 e. The van der Waals surface area contributed by atoms with Gasteiger partial charge in [0.05, 0.1) is 12.0 Å². The van der Waals surface area contributed by atoms with Crippen molar-refractivity contribution in [1.82, 2.24) is 20.2 Å². The van der Waals surface area contributed by atoms with Crippen molar-refractivity contribution in [2.24, 2.45) is 5.10 Å². The van der Waals surface area contributed by atoms with Crippen molar-refractivity contribution in [2.45, 2.75) is 5.16 Å². The summed E-state index contributed by atoms with van der Waals surface area (Å²) in [7, 11) is 3.98. The van der Waals surface area contributed by atoms with Crippen LogP contribution >= 0.6 is 11.8 Å². The predicted molar refractivity (Wildman–Crippen MR) is 134 cm³/mol. The summed E-state index contributed by atoms with van der Waals surface area (Å²) >= 11 is 1.31. The highest BCUT2D eigenvalue weighted by Gasteiger charge is 2.17. The van der Waals surface area contributed by atoms with Gasteiger partial charge in [-0.3, -0.25) is 9.36 Å². The van der Waals surface area contributed by atoms with Gasteiger partial charge >= 0.3 is 0 Å². The smallest absolute Gasteiger partial charge is 0.250 e. The van der Waals surface area contributed by atoms with Gasteiger partial charge in [-0.25, -0.2) is 5.43 Å². The summed E-state index contributed by atoms with van der Waals surface area (Å²) in [5.74, 6) is 0.672. The summed E-state index contributed by atoms with van der Waals surface area (Å²) in [5.41, 5.74) is 6.47. The third-order valence-electron chi connectivity index (χ3n) is 4.82. The first kappa shape index (κ1) is 22.3. The number of anilines is 1. The molecular formula is C25H24N6OS. The lowest BCUT2D eigenvalue weighted by Gasteiger charge is -2.11. The van der Waals surface area contributed by atoms with Crippen molar-refractivity contribution in [3.05, 3.63) is 90.5 Å². The van der Waals surface area contributed by atoms with Crippen molar-refractivity contribution in [1.29, 1.82) is 0 Å². The summed E-state index contributed by atoms with van der Waals surface area (Å²) in [6.45, 7) is 0. The van der Waals surface area contributed by atoms with Crippen LogP contribution in [-0.4, -0.2) is 46.7 Å². The number of hydrazone groups is 1. The lowest BCUT2D eigenvalue weighted by molar-refractivity contribution is -0.118. The van der Waals surface area contributed by atoms with Crippen LogP contribution in [-0.2, 0) is 4.79 Å². The van der Waals surface area contributed by atoms with Crippen LogP contribution in [0.1, 0.15) is 5.56 Å². The van der Waals surface area contributed by atoms with E-state index < -0.39 is 0 Å². The number of hydrogen-bond donors (Lipinski definition) is 1. The molecule has 4 rings (SSSR count). The summed E-state index contributed by atoms with van der Waals surface area (Å²) in [6.07, 6.45) is 1.63. The molecule has 1 N–H and O–H groups in total. The minimum Gasteiger partial charge on any atom is -0.378 e. The number of carbonyl (C=O) groups excluding carboxylic acids is 1. The maximum Gasteiger partial charge on any atom is 0.250 e. The van der Waals surface area contributed by atoms with Crippen LogP contribution in [0.15, 0.2) is 95.2 Å². The third-order valence-corrected chi connectivity index (χ3v) is 5.75. The Balaban J connectivity index is 1.44. The average Bonchev–Trinajstić information content (AvgIpc) is 3.28. The van der Waals surface area contributed by atoms with Gasteiger partial charge in [-0.15, -0.1) is 10.2 Å². The van der Waals surface area contributed by atoms with Gasteiger partial charge in [-0.1, -0.05) is 72.4 Å². The highest BCUT2D eigenvalue weighted by Crippen LogP contribution is 2.27. The molecule has 4 aromatic rings.